The number of nitrogens with two attached hydrogens (primary N) is 1. The Kier molecular flexibility index (Phi) is 6.28. The van der Waals surface area contributed by atoms with E-state index in [-0.39, 0.29) is 11.8 Å². The molecular weight excluding hydrogens is 430 g/mol. The van der Waals surface area contributed by atoms with Crippen LogP contribution in [0.25, 0.3) is 4.91 Å². The Morgan fingerprint density at radius 3 is 2.55 bits per heavy atom. The summed E-state index contributed by atoms with van der Waals surface area (Å²) in [6.45, 7) is 10.8. The summed E-state index contributed by atoms with van der Waals surface area (Å²) in [5.74, 6) is 1.61. The van der Waals surface area contributed by atoms with Gasteiger partial charge in [-0.15, -0.1) is 11.8 Å². The summed E-state index contributed by atoms with van der Waals surface area (Å²) in [7, 11) is 0. The van der Waals surface area contributed by atoms with Gasteiger partial charge in [-0.05, 0) is 38.0 Å². The Bertz CT molecular complexity index is 980. The van der Waals surface area contributed by atoms with Gasteiger partial charge in [-0.3, -0.25) is 4.79 Å². The number of aromatic nitrogens is 2. The highest BCUT2D eigenvalue weighted by Crippen LogP contribution is 2.42. The van der Waals surface area contributed by atoms with Crippen molar-refractivity contribution in [3.8, 4) is 0 Å². The molecule has 2 aromatic rings. The molecule has 2 N–H and O–H groups in total. The maximum Gasteiger partial charge on any atom is 0.230 e. The molecule has 6 nitrogen and oxygen atoms in total. The van der Waals surface area contributed by atoms with Gasteiger partial charge in [-0.25, -0.2) is 9.97 Å². The van der Waals surface area contributed by atoms with Crippen LogP contribution in [0.15, 0.2) is 37.2 Å². The molecule has 1 aromatic heterocycles. The highest BCUT2D eigenvalue weighted by molar-refractivity contribution is 8.08. The molecule has 2 aliphatic rings. The minimum atomic E-state index is -0.457. The van der Waals surface area contributed by atoms with Crippen LogP contribution in [0.2, 0.25) is 5.02 Å². The van der Waals surface area contributed by atoms with E-state index in [9.17, 15) is 4.79 Å². The summed E-state index contributed by atoms with van der Waals surface area (Å²) in [4.78, 5) is 27.7. The maximum absolute atomic E-state index is 13.5. The Labute approximate surface area is 192 Å². The third kappa shape index (κ3) is 4.89. The first kappa shape index (κ1) is 22.1. The molecule has 0 saturated carbocycles. The number of fused-ring (bicyclic) bond motifs is 1. The average molecular weight is 458 g/mol. The first-order chi connectivity index (χ1) is 14.7. The van der Waals surface area contributed by atoms with Crippen molar-refractivity contribution in [2.75, 3.05) is 31.1 Å². The van der Waals surface area contributed by atoms with Crippen molar-refractivity contribution in [1.29, 1.82) is 0 Å². The van der Waals surface area contributed by atoms with E-state index in [1.165, 1.54) is 0 Å². The van der Waals surface area contributed by atoms with Gasteiger partial charge >= 0.3 is 0 Å². The summed E-state index contributed by atoms with van der Waals surface area (Å²) < 4.78 is 0. The van der Waals surface area contributed by atoms with Crippen molar-refractivity contribution in [3.05, 3.63) is 59.0 Å². The second-order valence-corrected chi connectivity index (χ2v) is 10.3. The SMILES string of the molecule is C=C1SCc2ncnc(N3CCN(C(=O)[C@@H](CC(C)(C)N)c4ccc(Cl)cc4)CC3)c21. The molecule has 164 valence electrons. The van der Waals surface area contributed by atoms with E-state index >= 15 is 0 Å². The number of carbonyl (C=O) groups excluding carboxylic acids is 1. The second-order valence-electron chi connectivity index (χ2n) is 8.84. The topological polar surface area (TPSA) is 75.4 Å². The lowest BCUT2D eigenvalue weighted by Crippen LogP contribution is -2.51. The summed E-state index contributed by atoms with van der Waals surface area (Å²) in [6.07, 6.45) is 2.20. The summed E-state index contributed by atoms with van der Waals surface area (Å²) in [5.41, 5.74) is 8.92. The van der Waals surface area contributed by atoms with Crippen molar-refractivity contribution >= 4 is 40.0 Å². The number of piperazine rings is 1. The highest BCUT2D eigenvalue weighted by atomic mass is 35.5. The van der Waals surface area contributed by atoms with Gasteiger partial charge in [0.2, 0.25) is 5.91 Å². The van der Waals surface area contributed by atoms with Crippen molar-refractivity contribution in [2.24, 2.45) is 5.73 Å². The van der Waals surface area contributed by atoms with E-state index in [1.54, 1.807) is 18.1 Å². The van der Waals surface area contributed by atoms with E-state index in [1.807, 2.05) is 43.0 Å². The summed E-state index contributed by atoms with van der Waals surface area (Å²) in [6, 6.07) is 7.53. The lowest BCUT2D eigenvalue weighted by atomic mass is 9.85. The zero-order valence-electron chi connectivity index (χ0n) is 18.0. The maximum atomic E-state index is 13.5. The van der Waals surface area contributed by atoms with E-state index in [0.29, 0.717) is 24.5 Å². The molecule has 3 heterocycles. The molecule has 0 bridgehead atoms. The summed E-state index contributed by atoms with van der Waals surface area (Å²) >= 11 is 7.77. The van der Waals surface area contributed by atoms with Gasteiger partial charge in [0.25, 0.3) is 0 Å². The Morgan fingerprint density at radius 1 is 1.23 bits per heavy atom. The Hall–Kier alpha value is -2.09. The fourth-order valence-electron chi connectivity index (χ4n) is 4.20. The number of amides is 1. The molecule has 1 atom stereocenters. The number of halogens is 1. The molecule has 0 radical (unpaired) electrons. The van der Waals surface area contributed by atoms with Gasteiger partial charge < -0.3 is 15.5 Å². The number of anilines is 1. The first-order valence-electron chi connectivity index (χ1n) is 10.5. The lowest BCUT2D eigenvalue weighted by Gasteiger charge is -2.38. The molecule has 2 aliphatic heterocycles. The number of hydrogen-bond acceptors (Lipinski definition) is 6. The van der Waals surface area contributed by atoms with E-state index in [2.05, 4.69) is 21.4 Å². The fraction of sp³-hybridized carbons (Fsp3) is 0.435. The molecule has 1 fully saturated rings. The van der Waals surface area contributed by atoms with E-state index in [4.69, 9.17) is 17.3 Å². The van der Waals surface area contributed by atoms with Crippen LogP contribution in [-0.4, -0.2) is 52.5 Å². The van der Waals surface area contributed by atoms with Crippen molar-refractivity contribution in [2.45, 2.75) is 37.5 Å². The quantitative estimate of drug-likeness (QED) is 0.733. The second kappa shape index (κ2) is 8.81. The number of thioether (sulfide) groups is 1. The molecule has 1 saturated heterocycles. The van der Waals surface area contributed by atoms with Crippen LogP contribution in [-0.2, 0) is 10.5 Å². The van der Waals surface area contributed by atoms with Crippen molar-refractivity contribution < 1.29 is 4.79 Å². The predicted molar refractivity (Wildman–Crippen MR) is 128 cm³/mol. The number of hydrogen-bond donors (Lipinski definition) is 1. The zero-order chi connectivity index (χ0) is 22.2. The predicted octanol–water partition coefficient (Wildman–Crippen LogP) is 3.91. The van der Waals surface area contributed by atoms with Gasteiger partial charge in [0, 0.05) is 47.4 Å². The Morgan fingerprint density at radius 2 is 1.90 bits per heavy atom. The largest absolute Gasteiger partial charge is 0.352 e. The van der Waals surface area contributed by atoms with Crippen LogP contribution in [0.4, 0.5) is 5.82 Å². The number of nitrogens with zero attached hydrogens (tertiary/aromatic N) is 4. The molecule has 1 aromatic carbocycles. The van der Waals surface area contributed by atoms with Gasteiger partial charge in [0.05, 0.1) is 17.2 Å². The lowest BCUT2D eigenvalue weighted by molar-refractivity contribution is -0.133. The molecule has 4 rings (SSSR count). The smallest absolute Gasteiger partial charge is 0.230 e. The third-order valence-electron chi connectivity index (χ3n) is 5.76. The molecule has 0 spiro atoms. The molecule has 0 unspecified atom stereocenters. The number of rotatable bonds is 5. The molecule has 8 heteroatoms. The molecule has 31 heavy (non-hydrogen) atoms. The van der Waals surface area contributed by atoms with Crippen LogP contribution in [0, 0.1) is 0 Å². The standard InChI is InChI=1S/C23H28ClN5OS/c1-15-20-19(13-31-15)26-14-27-21(20)28-8-10-29(11-9-28)22(30)18(12-23(2,3)25)16-4-6-17(24)7-5-16/h4-7,14,18H,1,8-13,25H2,2-3H3/t18-/m0/s1. The highest BCUT2D eigenvalue weighted by Gasteiger charge is 2.33. The zero-order valence-corrected chi connectivity index (χ0v) is 19.5. The van der Waals surface area contributed by atoms with Crippen LogP contribution in [0.3, 0.4) is 0 Å². The fourth-order valence-corrected chi connectivity index (χ4v) is 5.21. The molecule has 0 aliphatic carbocycles. The monoisotopic (exact) mass is 457 g/mol. The average Bonchev–Trinajstić information content (AvgIpc) is 3.13. The summed E-state index contributed by atoms with van der Waals surface area (Å²) in [5, 5.41) is 0.660. The number of carbonyl (C=O) groups is 1. The Balaban J connectivity index is 1.49. The van der Waals surface area contributed by atoms with Crippen molar-refractivity contribution in [3.63, 3.8) is 0 Å². The van der Waals surface area contributed by atoms with Crippen LogP contribution >= 0.6 is 23.4 Å². The van der Waals surface area contributed by atoms with E-state index in [0.717, 1.165) is 46.4 Å². The van der Waals surface area contributed by atoms with Gasteiger partial charge in [0.1, 0.15) is 12.1 Å². The van der Waals surface area contributed by atoms with Crippen LogP contribution < -0.4 is 10.6 Å². The van der Waals surface area contributed by atoms with Gasteiger partial charge in [-0.1, -0.05) is 30.3 Å². The van der Waals surface area contributed by atoms with Gasteiger partial charge in [-0.2, -0.15) is 0 Å². The minimum Gasteiger partial charge on any atom is -0.352 e. The third-order valence-corrected chi connectivity index (χ3v) is 6.98. The molecular formula is C23H28ClN5OS. The van der Waals surface area contributed by atoms with E-state index < -0.39 is 5.54 Å². The molecule has 1 amide bonds. The van der Waals surface area contributed by atoms with Crippen LogP contribution in [0.1, 0.15) is 43.0 Å². The first-order valence-corrected chi connectivity index (χ1v) is 11.8. The van der Waals surface area contributed by atoms with Gasteiger partial charge in [0.15, 0.2) is 0 Å². The number of benzene rings is 1. The van der Waals surface area contributed by atoms with Crippen molar-refractivity contribution in [1.82, 2.24) is 14.9 Å². The minimum absolute atomic E-state index is 0.119. The normalized spacial score (nSPS) is 17.6. The van der Waals surface area contributed by atoms with Crippen LogP contribution in [0.5, 0.6) is 0 Å².